The predicted molar refractivity (Wildman–Crippen MR) is 105 cm³/mol. The van der Waals surface area contributed by atoms with E-state index in [2.05, 4.69) is 5.32 Å². The number of rotatable bonds is 5. The summed E-state index contributed by atoms with van der Waals surface area (Å²) in [5, 5.41) is 3.66. The summed E-state index contributed by atoms with van der Waals surface area (Å²) in [6.45, 7) is 2.94. The summed E-state index contributed by atoms with van der Waals surface area (Å²) in [5.41, 5.74) is 0.971. The summed E-state index contributed by atoms with van der Waals surface area (Å²) in [7, 11) is 0. The Bertz CT molecular complexity index is 665. The number of amides is 1. The molecule has 3 aliphatic rings. The van der Waals surface area contributed by atoms with E-state index in [4.69, 9.17) is 9.47 Å². The normalized spacial score (nSPS) is 30.7. The summed E-state index contributed by atoms with van der Waals surface area (Å²) in [6.07, 6.45) is 6.64. The molecule has 0 unspecified atom stereocenters. The van der Waals surface area contributed by atoms with Crippen LogP contribution >= 0.6 is 0 Å². The van der Waals surface area contributed by atoms with Crippen molar-refractivity contribution < 1.29 is 18.7 Å². The largest absolute Gasteiger partial charge is 0.376 e. The number of nitrogens with zero attached hydrogens (tertiary/aromatic N) is 1. The molecular formula is C22H31FN2O3. The SMILES string of the molecule is O=C(COC[C@@H]1CCCO1)N1C[C@@H](c2cccc(F)c2)[C@@H]2NCCCCC[C@H]21. The molecule has 3 aliphatic heterocycles. The summed E-state index contributed by atoms with van der Waals surface area (Å²) in [6, 6.07) is 7.15. The first-order chi connectivity index (χ1) is 13.7. The number of nitrogens with one attached hydrogen (secondary N) is 1. The van der Waals surface area contributed by atoms with Gasteiger partial charge in [0.05, 0.1) is 12.7 Å². The number of benzene rings is 1. The Labute approximate surface area is 166 Å². The van der Waals surface area contributed by atoms with Gasteiger partial charge < -0.3 is 19.7 Å². The first-order valence-electron chi connectivity index (χ1n) is 10.7. The van der Waals surface area contributed by atoms with E-state index in [1.165, 1.54) is 12.5 Å². The fourth-order valence-corrected chi connectivity index (χ4v) is 4.93. The summed E-state index contributed by atoms with van der Waals surface area (Å²) in [5.74, 6) is -0.0697. The van der Waals surface area contributed by atoms with Crippen LogP contribution in [0.4, 0.5) is 4.39 Å². The second-order valence-electron chi connectivity index (χ2n) is 8.25. The Balaban J connectivity index is 1.45. The Morgan fingerprint density at radius 2 is 2.18 bits per heavy atom. The van der Waals surface area contributed by atoms with Crippen LogP contribution in [-0.4, -0.2) is 61.9 Å². The van der Waals surface area contributed by atoms with Crippen molar-refractivity contribution in [3.05, 3.63) is 35.6 Å². The van der Waals surface area contributed by atoms with Gasteiger partial charge in [0, 0.05) is 31.2 Å². The standard InChI is InChI=1S/C22H31FN2O3/c23-17-7-4-6-16(12-17)19-13-25(20-9-2-1-3-10-24-22(19)20)21(26)15-27-14-18-8-5-11-28-18/h4,6-7,12,18-20,22,24H,1-3,5,8-11,13-15H2/t18-,19-,20+,22-/m0/s1. The van der Waals surface area contributed by atoms with Crippen molar-refractivity contribution >= 4 is 5.91 Å². The highest BCUT2D eigenvalue weighted by Gasteiger charge is 2.44. The molecular weight excluding hydrogens is 359 g/mol. The van der Waals surface area contributed by atoms with E-state index < -0.39 is 0 Å². The van der Waals surface area contributed by atoms with Crippen molar-refractivity contribution in [1.29, 1.82) is 0 Å². The lowest BCUT2D eigenvalue weighted by Gasteiger charge is -2.31. The Morgan fingerprint density at radius 3 is 3.00 bits per heavy atom. The minimum absolute atomic E-state index is 0.0364. The van der Waals surface area contributed by atoms with Gasteiger partial charge in [0.1, 0.15) is 12.4 Å². The smallest absolute Gasteiger partial charge is 0.248 e. The van der Waals surface area contributed by atoms with Crippen molar-refractivity contribution in [2.24, 2.45) is 0 Å². The van der Waals surface area contributed by atoms with Crippen LogP contribution in [0.2, 0.25) is 0 Å². The van der Waals surface area contributed by atoms with Gasteiger partial charge in [-0.25, -0.2) is 4.39 Å². The number of ether oxygens (including phenoxy) is 2. The van der Waals surface area contributed by atoms with E-state index >= 15 is 0 Å². The van der Waals surface area contributed by atoms with Crippen molar-refractivity contribution in [2.75, 3.05) is 32.9 Å². The summed E-state index contributed by atoms with van der Waals surface area (Å²) in [4.78, 5) is 15.0. The molecule has 4 rings (SSSR count). The third kappa shape index (κ3) is 4.56. The lowest BCUT2D eigenvalue weighted by molar-refractivity contribution is -0.138. The van der Waals surface area contributed by atoms with Gasteiger partial charge >= 0.3 is 0 Å². The minimum atomic E-state index is -0.218. The van der Waals surface area contributed by atoms with Crippen molar-refractivity contribution in [3.8, 4) is 0 Å². The topological polar surface area (TPSA) is 50.8 Å². The number of halogens is 1. The van der Waals surface area contributed by atoms with Crippen LogP contribution in [0.5, 0.6) is 0 Å². The van der Waals surface area contributed by atoms with Gasteiger partial charge in [-0.2, -0.15) is 0 Å². The maximum atomic E-state index is 13.8. The highest BCUT2D eigenvalue weighted by atomic mass is 19.1. The predicted octanol–water partition coefficient (Wildman–Crippen LogP) is 2.85. The second kappa shape index (κ2) is 9.33. The highest BCUT2D eigenvalue weighted by Crippen LogP contribution is 2.36. The van der Waals surface area contributed by atoms with E-state index in [1.54, 1.807) is 12.1 Å². The Kier molecular flexibility index (Phi) is 6.60. The zero-order valence-corrected chi connectivity index (χ0v) is 16.4. The third-order valence-electron chi connectivity index (χ3n) is 6.35. The molecule has 1 aromatic carbocycles. The molecule has 3 saturated heterocycles. The van der Waals surface area contributed by atoms with Gasteiger partial charge in [-0.3, -0.25) is 4.79 Å². The van der Waals surface area contributed by atoms with Gasteiger partial charge in [0.25, 0.3) is 0 Å². The first-order valence-corrected chi connectivity index (χ1v) is 10.7. The molecule has 0 aromatic heterocycles. The van der Waals surface area contributed by atoms with E-state index in [1.807, 2.05) is 11.0 Å². The molecule has 0 saturated carbocycles. The number of fused-ring (bicyclic) bond motifs is 1. The number of carbonyl (C=O) groups excluding carboxylic acids is 1. The molecule has 1 amide bonds. The average molecular weight is 390 g/mol. The maximum absolute atomic E-state index is 13.8. The second-order valence-corrected chi connectivity index (χ2v) is 8.25. The average Bonchev–Trinajstić information content (AvgIpc) is 3.29. The molecule has 0 spiro atoms. The van der Waals surface area contributed by atoms with Gasteiger partial charge in [-0.1, -0.05) is 25.0 Å². The van der Waals surface area contributed by atoms with Crippen LogP contribution in [-0.2, 0) is 14.3 Å². The van der Waals surface area contributed by atoms with Crippen LogP contribution in [0, 0.1) is 5.82 Å². The molecule has 0 bridgehead atoms. The lowest BCUT2D eigenvalue weighted by Crippen LogP contribution is -2.47. The third-order valence-corrected chi connectivity index (χ3v) is 6.35. The highest BCUT2D eigenvalue weighted by molar-refractivity contribution is 5.78. The molecule has 28 heavy (non-hydrogen) atoms. The van der Waals surface area contributed by atoms with Crippen LogP contribution in [0.1, 0.15) is 50.0 Å². The van der Waals surface area contributed by atoms with E-state index in [9.17, 15) is 9.18 Å². The molecule has 1 N–H and O–H groups in total. The zero-order chi connectivity index (χ0) is 19.3. The van der Waals surface area contributed by atoms with Crippen molar-refractivity contribution in [3.63, 3.8) is 0 Å². The maximum Gasteiger partial charge on any atom is 0.248 e. The lowest BCUT2D eigenvalue weighted by atomic mass is 9.88. The van der Waals surface area contributed by atoms with Gasteiger partial charge in [-0.15, -0.1) is 0 Å². The monoisotopic (exact) mass is 390 g/mol. The fourth-order valence-electron chi connectivity index (χ4n) is 4.93. The Hall–Kier alpha value is -1.50. The van der Waals surface area contributed by atoms with Crippen LogP contribution in [0.15, 0.2) is 24.3 Å². The number of carbonyl (C=O) groups is 1. The van der Waals surface area contributed by atoms with E-state index in [-0.39, 0.29) is 42.4 Å². The fraction of sp³-hybridized carbons (Fsp3) is 0.682. The molecule has 0 radical (unpaired) electrons. The molecule has 5 nitrogen and oxygen atoms in total. The van der Waals surface area contributed by atoms with E-state index in [0.29, 0.717) is 13.2 Å². The summed E-state index contributed by atoms with van der Waals surface area (Å²) < 4.78 is 25.1. The molecule has 1 aromatic rings. The van der Waals surface area contributed by atoms with Gasteiger partial charge in [-0.05, 0) is 49.9 Å². The van der Waals surface area contributed by atoms with Crippen molar-refractivity contribution in [2.45, 2.75) is 62.6 Å². The zero-order valence-electron chi connectivity index (χ0n) is 16.4. The first kappa shape index (κ1) is 19.8. The number of hydrogen-bond donors (Lipinski definition) is 1. The van der Waals surface area contributed by atoms with Gasteiger partial charge in [0.2, 0.25) is 5.91 Å². The van der Waals surface area contributed by atoms with Crippen LogP contribution in [0.25, 0.3) is 0 Å². The van der Waals surface area contributed by atoms with Gasteiger partial charge in [0.15, 0.2) is 0 Å². The minimum Gasteiger partial charge on any atom is -0.376 e. The molecule has 154 valence electrons. The number of likely N-dealkylation sites (tertiary alicyclic amines) is 1. The van der Waals surface area contributed by atoms with Crippen molar-refractivity contribution in [1.82, 2.24) is 10.2 Å². The molecule has 3 heterocycles. The Morgan fingerprint density at radius 1 is 1.25 bits per heavy atom. The van der Waals surface area contributed by atoms with E-state index in [0.717, 1.165) is 50.8 Å². The van der Waals surface area contributed by atoms with Crippen LogP contribution < -0.4 is 5.32 Å². The summed E-state index contributed by atoms with van der Waals surface area (Å²) >= 11 is 0. The molecule has 0 aliphatic carbocycles. The van der Waals surface area contributed by atoms with Crippen LogP contribution in [0.3, 0.4) is 0 Å². The molecule has 3 fully saturated rings. The quantitative estimate of drug-likeness (QED) is 0.840. The molecule has 6 heteroatoms. The number of hydrogen-bond acceptors (Lipinski definition) is 4. The molecule has 4 atom stereocenters.